The monoisotopic (exact) mass is 427 g/mol. The number of fused-ring (bicyclic) bond motifs is 1. The van der Waals surface area contributed by atoms with Crippen molar-refractivity contribution < 1.29 is 14.5 Å². The van der Waals surface area contributed by atoms with Crippen molar-refractivity contribution in [3.63, 3.8) is 0 Å². The van der Waals surface area contributed by atoms with Gasteiger partial charge in [0.25, 0.3) is 11.6 Å². The Morgan fingerprint density at radius 3 is 2.50 bits per heavy atom. The number of rotatable bonds is 6. The summed E-state index contributed by atoms with van der Waals surface area (Å²) in [7, 11) is 0. The van der Waals surface area contributed by atoms with E-state index in [9.17, 15) is 14.9 Å². The molecule has 7 heteroatoms. The average Bonchev–Trinajstić information content (AvgIpc) is 2.80. The Balaban J connectivity index is 1.83. The predicted octanol–water partition coefficient (Wildman–Crippen LogP) is 5.77. The molecule has 0 unspecified atom stereocenters. The van der Waals surface area contributed by atoms with Crippen LogP contribution in [0.3, 0.4) is 0 Å². The summed E-state index contributed by atoms with van der Waals surface area (Å²) >= 11 is 0. The van der Waals surface area contributed by atoms with Crippen LogP contribution >= 0.6 is 0 Å². The predicted molar refractivity (Wildman–Crippen MR) is 124 cm³/mol. The van der Waals surface area contributed by atoms with Crippen LogP contribution in [-0.2, 0) is 0 Å². The highest BCUT2D eigenvalue weighted by atomic mass is 16.6. The van der Waals surface area contributed by atoms with Gasteiger partial charge in [-0.05, 0) is 37.6 Å². The van der Waals surface area contributed by atoms with E-state index in [2.05, 4.69) is 5.32 Å². The number of benzene rings is 3. The summed E-state index contributed by atoms with van der Waals surface area (Å²) in [6, 6.07) is 21.4. The zero-order chi connectivity index (χ0) is 22.7. The zero-order valence-electron chi connectivity index (χ0n) is 17.7. The number of para-hydroxylation sites is 1. The molecular weight excluding hydrogens is 406 g/mol. The van der Waals surface area contributed by atoms with Crippen LogP contribution in [0.5, 0.6) is 5.75 Å². The van der Waals surface area contributed by atoms with Gasteiger partial charge < -0.3 is 10.1 Å². The average molecular weight is 427 g/mol. The summed E-state index contributed by atoms with van der Waals surface area (Å²) in [6.07, 6.45) is 0. The summed E-state index contributed by atoms with van der Waals surface area (Å²) < 4.78 is 5.36. The SMILES string of the molecule is CCOc1ccc(NC(=O)c2c(C)c(-c3ccccc3)nc3ccccc23)c([N+](=O)[O-])c1. The minimum Gasteiger partial charge on any atom is -0.494 e. The van der Waals surface area contributed by atoms with Gasteiger partial charge in [-0.1, -0.05) is 48.5 Å². The number of nitro groups is 1. The molecular formula is C25H21N3O4. The molecule has 1 aromatic heterocycles. The normalized spacial score (nSPS) is 10.7. The molecule has 1 heterocycles. The van der Waals surface area contributed by atoms with Gasteiger partial charge in [0.05, 0.1) is 34.4 Å². The molecule has 3 aromatic carbocycles. The molecule has 0 saturated carbocycles. The Kier molecular flexibility index (Phi) is 5.81. The second-order valence-electron chi connectivity index (χ2n) is 7.17. The summed E-state index contributed by atoms with van der Waals surface area (Å²) in [5.41, 5.74) is 3.24. The van der Waals surface area contributed by atoms with Crippen LogP contribution in [0.2, 0.25) is 0 Å². The molecule has 160 valence electrons. The Morgan fingerprint density at radius 1 is 1.06 bits per heavy atom. The molecule has 1 N–H and O–H groups in total. The van der Waals surface area contributed by atoms with Gasteiger partial charge in [-0.25, -0.2) is 4.98 Å². The molecule has 0 radical (unpaired) electrons. The first-order chi connectivity index (χ1) is 15.5. The van der Waals surface area contributed by atoms with E-state index in [0.29, 0.717) is 40.1 Å². The summed E-state index contributed by atoms with van der Waals surface area (Å²) in [5.74, 6) is -0.0698. The Morgan fingerprint density at radius 2 is 1.78 bits per heavy atom. The van der Waals surface area contributed by atoms with E-state index >= 15 is 0 Å². The molecule has 0 fully saturated rings. The number of nitrogens with one attached hydrogen (secondary N) is 1. The number of hydrogen-bond acceptors (Lipinski definition) is 5. The Bertz CT molecular complexity index is 1320. The van der Waals surface area contributed by atoms with Gasteiger partial charge in [0, 0.05) is 10.9 Å². The standard InChI is InChI=1S/C25H21N3O4/c1-3-32-18-13-14-21(22(15-18)28(30)31)27-25(29)23-16(2)24(17-9-5-4-6-10-17)26-20-12-8-7-11-19(20)23/h4-15H,3H2,1-2H3,(H,27,29). The fraction of sp³-hybridized carbons (Fsp3) is 0.120. The molecule has 0 saturated heterocycles. The number of hydrogen-bond donors (Lipinski definition) is 1. The van der Waals surface area contributed by atoms with Crippen molar-refractivity contribution in [1.82, 2.24) is 4.98 Å². The number of nitro benzene ring substituents is 1. The molecule has 1 amide bonds. The molecule has 4 aromatic rings. The van der Waals surface area contributed by atoms with Gasteiger partial charge in [-0.3, -0.25) is 14.9 Å². The number of nitrogens with zero attached hydrogens (tertiary/aromatic N) is 2. The van der Waals surface area contributed by atoms with Gasteiger partial charge in [0.2, 0.25) is 0 Å². The van der Waals surface area contributed by atoms with Crippen LogP contribution in [0.4, 0.5) is 11.4 Å². The molecule has 0 aliphatic rings. The lowest BCUT2D eigenvalue weighted by atomic mass is 9.97. The molecule has 0 aliphatic carbocycles. The second kappa shape index (κ2) is 8.85. The van der Waals surface area contributed by atoms with Crippen LogP contribution in [0.25, 0.3) is 22.2 Å². The fourth-order valence-electron chi connectivity index (χ4n) is 3.69. The van der Waals surface area contributed by atoms with E-state index in [1.54, 1.807) is 13.0 Å². The van der Waals surface area contributed by atoms with Crippen LogP contribution < -0.4 is 10.1 Å². The maximum absolute atomic E-state index is 13.4. The number of carbonyl (C=O) groups excluding carboxylic acids is 1. The number of anilines is 1. The number of aromatic nitrogens is 1. The minimum absolute atomic E-state index is 0.102. The number of carbonyl (C=O) groups is 1. The van der Waals surface area contributed by atoms with E-state index in [0.717, 1.165) is 5.56 Å². The molecule has 0 bridgehead atoms. The van der Waals surface area contributed by atoms with Crippen LogP contribution in [-0.4, -0.2) is 22.4 Å². The Hall–Kier alpha value is -4.26. The van der Waals surface area contributed by atoms with Gasteiger partial charge in [0.1, 0.15) is 11.4 Å². The highest BCUT2D eigenvalue weighted by Crippen LogP contribution is 2.33. The third kappa shape index (κ3) is 4.00. The number of ether oxygens (including phenoxy) is 1. The minimum atomic E-state index is -0.537. The fourth-order valence-corrected chi connectivity index (χ4v) is 3.69. The van der Waals surface area contributed by atoms with Crippen molar-refractivity contribution in [1.29, 1.82) is 0 Å². The van der Waals surface area contributed by atoms with Crippen molar-refractivity contribution in [2.24, 2.45) is 0 Å². The van der Waals surface area contributed by atoms with Crippen molar-refractivity contribution in [2.45, 2.75) is 13.8 Å². The van der Waals surface area contributed by atoms with E-state index in [4.69, 9.17) is 9.72 Å². The van der Waals surface area contributed by atoms with Crippen molar-refractivity contribution in [3.8, 4) is 17.0 Å². The molecule has 32 heavy (non-hydrogen) atoms. The first-order valence-electron chi connectivity index (χ1n) is 10.2. The third-order valence-corrected chi connectivity index (χ3v) is 5.14. The maximum Gasteiger partial charge on any atom is 0.296 e. The first kappa shape index (κ1) is 21.0. The van der Waals surface area contributed by atoms with E-state index in [1.807, 2.05) is 61.5 Å². The van der Waals surface area contributed by atoms with Gasteiger partial charge >= 0.3 is 0 Å². The van der Waals surface area contributed by atoms with E-state index < -0.39 is 10.8 Å². The molecule has 0 atom stereocenters. The molecule has 0 aliphatic heterocycles. The zero-order valence-corrected chi connectivity index (χ0v) is 17.7. The van der Waals surface area contributed by atoms with Crippen LogP contribution in [0.1, 0.15) is 22.8 Å². The summed E-state index contributed by atoms with van der Waals surface area (Å²) in [4.78, 5) is 29.3. The smallest absolute Gasteiger partial charge is 0.296 e. The highest BCUT2D eigenvalue weighted by molar-refractivity contribution is 6.15. The molecule has 4 rings (SSSR count). The van der Waals surface area contributed by atoms with Gasteiger partial charge in [-0.2, -0.15) is 0 Å². The van der Waals surface area contributed by atoms with Crippen LogP contribution in [0.15, 0.2) is 72.8 Å². The lowest BCUT2D eigenvalue weighted by Crippen LogP contribution is -2.16. The van der Waals surface area contributed by atoms with Crippen molar-refractivity contribution in [2.75, 3.05) is 11.9 Å². The number of pyridine rings is 1. The molecule has 0 spiro atoms. The first-order valence-corrected chi connectivity index (χ1v) is 10.2. The van der Waals surface area contributed by atoms with E-state index in [1.165, 1.54) is 12.1 Å². The summed E-state index contributed by atoms with van der Waals surface area (Å²) in [5, 5.41) is 15.0. The number of amides is 1. The van der Waals surface area contributed by atoms with Gasteiger partial charge in [-0.15, -0.1) is 0 Å². The largest absolute Gasteiger partial charge is 0.494 e. The Labute approximate surface area is 184 Å². The van der Waals surface area contributed by atoms with Crippen molar-refractivity contribution in [3.05, 3.63) is 94.0 Å². The van der Waals surface area contributed by atoms with Crippen LogP contribution in [0, 0.1) is 17.0 Å². The highest BCUT2D eigenvalue weighted by Gasteiger charge is 2.22. The quantitative estimate of drug-likeness (QED) is 0.311. The third-order valence-electron chi connectivity index (χ3n) is 5.14. The summed E-state index contributed by atoms with van der Waals surface area (Å²) in [6.45, 7) is 4.01. The van der Waals surface area contributed by atoms with E-state index in [-0.39, 0.29) is 11.4 Å². The maximum atomic E-state index is 13.4. The lowest BCUT2D eigenvalue weighted by Gasteiger charge is -2.15. The molecule has 7 nitrogen and oxygen atoms in total. The second-order valence-corrected chi connectivity index (χ2v) is 7.17. The lowest BCUT2D eigenvalue weighted by molar-refractivity contribution is -0.384. The van der Waals surface area contributed by atoms with Gasteiger partial charge in [0.15, 0.2) is 0 Å². The van der Waals surface area contributed by atoms with Crippen molar-refractivity contribution >= 4 is 28.2 Å². The topological polar surface area (TPSA) is 94.4 Å².